The van der Waals surface area contributed by atoms with Gasteiger partial charge in [0.1, 0.15) is 5.76 Å². The van der Waals surface area contributed by atoms with Crippen LogP contribution in [0.15, 0.2) is 24.0 Å². The van der Waals surface area contributed by atoms with Gasteiger partial charge in [0.15, 0.2) is 6.10 Å². The quantitative estimate of drug-likeness (QED) is 0.374. The van der Waals surface area contributed by atoms with E-state index >= 15 is 0 Å². The number of epoxide rings is 1. The molecule has 0 saturated carbocycles. The fourth-order valence-corrected chi connectivity index (χ4v) is 2.39. The predicted molar refractivity (Wildman–Crippen MR) is 86.2 cm³/mol. The van der Waals surface area contributed by atoms with Crippen LogP contribution in [0.1, 0.15) is 77.6 Å². The van der Waals surface area contributed by atoms with Crippen LogP contribution in [-0.2, 0) is 9.53 Å². The summed E-state index contributed by atoms with van der Waals surface area (Å²) in [6, 6.07) is 0. The molecule has 0 aromatic rings. The smallest absolute Gasteiger partial charge is 0.303 e. The fourth-order valence-electron chi connectivity index (χ4n) is 2.39. The number of carbonyl (C=O) groups is 1. The third-order valence-corrected chi connectivity index (χ3v) is 3.77. The molecule has 1 atom stereocenters. The highest BCUT2D eigenvalue weighted by Crippen LogP contribution is 2.31. The maximum absolute atomic E-state index is 10.3. The Morgan fingerprint density at radius 2 is 1.90 bits per heavy atom. The Labute approximate surface area is 129 Å². The van der Waals surface area contributed by atoms with E-state index in [9.17, 15) is 4.79 Å². The number of allylic oxidation sites excluding steroid dienone is 3. The number of carboxylic acids is 1. The molecule has 0 bridgehead atoms. The van der Waals surface area contributed by atoms with Gasteiger partial charge in [-0.15, -0.1) is 0 Å². The van der Waals surface area contributed by atoms with Crippen LogP contribution in [0.5, 0.6) is 0 Å². The van der Waals surface area contributed by atoms with E-state index in [-0.39, 0.29) is 0 Å². The van der Waals surface area contributed by atoms with Crippen LogP contribution in [0, 0.1) is 0 Å². The second-order valence-electron chi connectivity index (χ2n) is 5.80. The third kappa shape index (κ3) is 10.2. The van der Waals surface area contributed by atoms with E-state index in [0.717, 1.165) is 31.4 Å². The molecule has 1 heterocycles. The predicted octanol–water partition coefficient (Wildman–Crippen LogP) is 5.22. The van der Waals surface area contributed by atoms with Crippen LogP contribution in [0.25, 0.3) is 0 Å². The Morgan fingerprint density at radius 1 is 1.14 bits per heavy atom. The van der Waals surface area contributed by atoms with Crippen LogP contribution in [-0.4, -0.2) is 17.2 Å². The van der Waals surface area contributed by atoms with E-state index in [1.54, 1.807) is 0 Å². The largest absolute Gasteiger partial charge is 0.483 e. The Hall–Kier alpha value is -1.25. The molecule has 0 aromatic carbocycles. The summed E-state index contributed by atoms with van der Waals surface area (Å²) in [4.78, 5) is 10.3. The summed E-state index contributed by atoms with van der Waals surface area (Å²) in [7, 11) is 0. The standard InChI is InChI=1S/C18H30O3/c1-2-3-10-13-16-17(21-16)14-11-8-6-4-5-7-9-12-15-18(19)20/h8,11,14,16H,2-7,9-10,12-13,15H2,1H3,(H,19,20)/b11-8-,17-14?/t16-/m0/s1. The minimum Gasteiger partial charge on any atom is -0.483 e. The van der Waals surface area contributed by atoms with Crippen molar-refractivity contribution in [1.29, 1.82) is 0 Å². The summed E-state index contributed by atoms with van der Waals surface area (Å²) in [5, 5.41) is 8.52. The van der Waals surface area contributed by atoms with Crippen molar-refractivity contribution in [2.75, 3.05) is 0 Å². The van der Waals surface area contributed by atoms with E-state index in [1.165, 1.54) is 38.5 Å². The van der Waals surface area contributed by atoms with Gasteiger partial charge in [-0.2, -0.15) is 0 Å². The molecule has 0 amide bonds. The number of hydrogen-bond acceptors (Lipinski definition) is 2. The molecular formula is C18H30O3. The lowest BCUT2D eigenvalue weighted by Gasteiger charge is -1.97. The molecule has 0 aromatic heterocycles. The zero-order valence-electron chi connectivity index (χ0n) is 13.4. The van der Waals surface area contributed by atoms with Gasteiger partial charge in [-0.25, -0.2) is 0 Å². The molecule has 1 saturated heterocycles. The minimum absolute atomic E-state index is 0.312. The Bertz CT molecular complexity index is 344. The van der Waals surface area contributed by atoms with E-state index in [4.69, 9.17) is 9.84 Å². The summed E-state index contributed by atoms with van der Waals surface area (Å²) >= 11 is 0. The van der Waals surface area contributed by atoms with Crippen LogP contribution in [0.2, 0.25) is 0 Å². The van der Waals surface area contributed by atoms with Crippen molar-refractivity contribution in [3.8, 4) is 0 Å². The fraction of sp³-hybridized carbons (Fsp3) is 0.722. The molecule has 1 N–H and O–H groups in total. The normalized spacial score (nSPS) is 19.1. The van der Waals surface area contributed by atoms with Crippen molar-refractivity contribution in [1.82, 2.24) is 0 Å². The Kier molecular flexibility index (Phi) is 9.68. The molecule has 3 heteroatoms. The van der Waals surface area contributed by atoms with Crippen LogP contribution in [0.4, 0.5) is 0 Å². The molecule has 0 spiro atoms. The number of ether oxygens (including phenoxy) is 1. The van der Waals surface area contributed by atoms with Crippen molar-refractivity contribution in [3.63, 3.8) is 0 Å². The van der Waals surface area contributed by atoms with E-state index in [2.05, 4.69) is 25.2 Å². The third-order valence-electron chi connectivity index (χ3n) is 3.77. The summed E-state index contributed by atoms with van der Waals surface area (Å²) in [5.74, 6) is 0.470. The average molecular weight is 294 g/mol. The Balaban J connectivity index is 1.88. The van der Waals surface area contributed by atoms with Crippen LogP contribution in [0.3, 0.4) is 0 Å². The molecule has 1 aliphatic heterocycles. The molecule has 3 nitrogen and oxygen atoms in total. The van der Waals surface area contributed by atoms with E-state index in [0.29, 0.717) is 12.5 Å². The topological polar surface area (TPSA) is 49.8 Å². The zero-order valence-corrected chi connectivity index (χ0v) is 13.4. The first-order valence-corrected chi connectivity index (χ1v) is 8.49. The maximum Gasteiger partial charge on any atom is 0.303 e. The molecule has 21 heavy (non-hydrogen) atoms. The first-order valence-electron chi connectivity index (χ1n) is 8.49. The second-order valence-corrected chi connectivity index (χ2v) is 5.80. The lowest BCUT2D eigenvalue weighted by atomic mass is 10.1. The maximum atomic E-state index is 10.3. The molecule has 1 aliphatic rings. The molecule has 0 unspecified atom stereocenters. The second kappa shape index (κ2) is 11.4. The lowest BCUT2D eigenvalue weighted by molar-refractivity contribution is -0.137. The highest BCUT2D eigenvalue weighted by molar-refractivity contribution is 5.66. The van der Waals surface area contributed by atoms with Crippen molar-refractivity contribution in [2.45, 2.75) is 83.7 Å². The van der Waals surface area contributed by atoms with Gasteiger partial charge in [0, 0.05) is 6.42 Å². The molecule has 1 fully saturated rings. The van der Waals surface area contributed by atoms with Gasteiger partial charge in [-0.3, -0.25) is 4.79 Å². The van der Waals surface area contributed by atoms with E-state index in [1.807, 2.05) is 0 Å². The van der Waals surface area contributed by atoms with Crippen LogP contribution >= 0.6 is 0 Å². The van der Waals surface area contributed by atoms with Crippen molar-refractivity contribution in [2.24, 2.45) is 0 Å². The monoisotopic (exact) mass is 294 g/mol. The highest BCUT2D eigenvalue weighted by atomic mass is 16.6. The lowest BCUT2D eigenvalue weighted by Crippen LogP contribution is -1.93. The van der Waals surface area contributed by atoms with Gasteiger partial charge >= 0.3 is 5.97 Å². The molecule has 0 aliphatic carbocycles. The van der Waals surface area contributed by atoms with Gasteiger partial charge in [0.25, 0.3) is 0 Å². The number of unbranched alkanes of at least 4 members (excludes halogenated alkanes) is 7. The number of rotatable bonds is 13. The van der Waals surface area contributed by atoms with E-state index < -0.39 is 5.97 Å². The van der Waals surface area contributed by atoms with Gasteiger partial charge < -0.3 is 9.84 Å². The van der Waals surface area contributed by atoms with Crippen LogP contribution < -0.4 is 0 Å². The highest BCUT2D eigenvalue weighted by Gasteiger charge is 2.30. The van der Waals surface area contributed by atoms with Crippen molar-refractivity contribution < 1.29 is 14.6 Å². The minimum atomic E-state index is -0.679. The summed E-state index contributed by atoms with van der Waals surface area (Å²) in [6.45, 7) is 2.22. The van der Waals surface area contributed by atoms with Gasteiger partial charge in [0.2, 0.25) is 0 Å². The SMILES string of the molecule is CCCCC[C@@H]1OC1=C/C=C\CCCCCCCC(=O)O. The Morgan fingerprint density at radius 3 is 2.67 bits per heavy atom. The van der Waals surface area contributed by atoms with Gasteiger partial charge in [-0.05, 0) is 38.2 Å². The zero-order chi connectivity index (χ0) is 15.3. The summed E-state index contributed by atoms with van der Waals surface area (Å²) < 4.78 is 5.52. The number of aliphatic carboxylic acids is 1. The first-order chi connectivity index (χ1) is 10.2. The summed E-state index contributed by atoms with van der Waals surface area (Å²) in [5.41, 5.74) is 0. The summed E-state index contributed by atoms with van der Waals surface area (Å²) in [6.07, 6.45) is 18.6. The first kappa shape index (κ1) is 17.8. The molecule has 1 rings (SSSR count). The van der Waals surface area contributed by atoms with Gasteiger partial charge in [-0.1, -0.05) is 51.2 Å². The average Bonchev–Trinajstić information content (AvgIpc) is 3.19. The van der Waals surface area contributed by atoms with Gasteiger partial charge in [0.05, 0.1) is 0 Å². The number of hydrogen-bond donors (Lipinski definition) is 1. The molecule has 120 valence electrons. The molecular weight excluding hydrogens is 264 g/mol. The molecule has 0 radical (unpaired) electrons. The van der Waals surface area contributed by atoms with Crippen molar-refractivity contribution in [3.05, 3.63) is 24.0 Å². The number of carboxylic acid groups (broad SMARTS) is 1. The van der Waals surface area contributed by atoms with Crippen molar-refractivity contribution >= 4 is 5.97 Å².